The highest BCUT2D eigenvalue weighted by atomic mass is 32.2. The van der Waals surface area contributed by atoms with Crippen molar-refractivity contribution in [1.82, 2.24) is 0 Å². The zero-order valence-corrected chi connectivity index (χ0v) is 13.6. The minimum absolute atomic E-state index is 0.378. The SMILES string of the molecule is CC(C)C1CCC(N)C(Sc2ccc3c(c2)CCC3)C1. The average Bonchev–Trinajstić information content (AvgIpc) is 2.88. The van der Waals surface area contributed by atoms with Crippen LogP contribution in [-0.4, -0.2) is 11.3 Å². The topological polar surface area (TPSA) is 26.0 Å². The molecular formula is C18H27NS. The Balaban J connectivity index is 1.69. The van der Waals surface area contributed by atoms with Crippen LogP contribution in [0.15, 0.2) is 23.1 Å². The van der Waals surface area contributed by atoms with Crippen LogP contribution >= 0.6 is 11.8 Å². The monoisotopic (exact) mass is 289 g/mol. The lowest BCUT2D eigenvalue weighted by atomic mass is 9.79. The minimum atomic E-state index is 0.378. The second-order valence-electron chi connectivity index (χ2n) is 6.92. The van der Waals surface area contributed by atoms with Gasteiger partial charge in [0.2, 0.25) is 0 Å². The van der Waals surface area contributed by atoms with Crippen LogP contribution in [0, 0.1) is 11.8 Å². The molecule has 0 spiro atoms. The van der Waals surface area contributed by atoms with Crippen molar-refractivity contribution in [2.75, 3.05) is 0 Å². The zero-order chi connectivity index (χ0) is 14.1. The van der Waals surface area contributed by atoms with Crippen molar-refractivity contribution in [2.45, 2.75) is 68.6 Å². The van der Waals surface area contributed by atoms with Crippen molar-refractivity contribution in [3.8, 4) is 0 Å². The summed E-state index contributed by atoms with van der Waals surface area (Å²) in [6.45, 7) is 4.72. The molecule has 1 aromatic rings. The number of fused-ring (bicyclic) bond motifs is 1. The Morgan fingerprint density at radius 2 is 1.95 bits per heavy atom. The molecule has 0 amide bonds. The molecule has 3 rings (SSSR count). The highest BCUT2D eigenvalue weighted by Gasteiger charge is 2.30. The van der Waals surface area contributed by atoms with Crippen LogP contribution in [0.3, 0.4) is 0 Å². The van der Waals surface area contributed by atoms with Gasteiger partial charge in [-0.1, -0.05) is 19.9 Å². The fourth-order valence-electron chi connectivity index (χ4n) is 3.72. The van der Waals surface area contributed by atoms with Crippen LogP contribution in [-0.2, 0) is 12.8 Å². The largest absolute Gasteiger partial charge is 0.327 e. The van der Waals surface area contributed by atoms with Gasteiger partial charge in [0.05, 0.1) is 0 Å². The molecule has 0 bridgehead atoms. The summed E-state index contributed by atoms with van der Waals surface area (Å²) in [6.07, 6.45) is 7.70. The van der Waals surface area contributed by atoms with Gasteiger partial charge in [-0.05, 0) is 73.6 Å². The predicted octanol–water partition coefficient (Wildman–Crippen LogP) is 4.42. The van der Waals surface area contributed by atoms with E-state index in [1.54, 1.807) is 11.1 Å². The Kier molecular flexibility index (Phi) is 4.42. The maximum atomic E-state index is 6.38. The Morgan fingerprint density at radius 3 is 2.75 bits per heavy atom. The number of hydrogen-bond acceptors (Lipinski definition) is 2. The molecule has 0 saturated heterocycles. The highest BCUT2D eigenvalue weighted by molar-refractivity contribution is 8.00. The third-order valence-corrected chi connectivity index (χ3v) is 6.55. The lowest BCUT2D eigenvalue weighted by molar-refractivity contribution is 0.266. The Labute approximate surface area is 127 Å². The van der Waals surface area contributed by atoms with Crippen molar-refractivity contribution in [2.24, 2.45) is 17.6 Å². The molecular weight excluding hydrogens is 262 g/mol. The maximum absolute atomic E-state index is 6.38. The van der Waals surface area contributed by atoms with Gasteiger partial charge in [0.15, 0.2) is 0 Å². The van der Waals surface area contributed by atoms with Crippen LogP contribution in [0.1, 0.15) is 50.7 Å². The summed E-state index contributed by atoms with van der Waals surface area (Å²) in [6, 6.07) is 7.47. The standard InChI is InChI=1S/C18H27NS/c1-12(2)14-7-9-17(19)18(11-14)20-16-8-6-13-4-3-5-15(13)10-16/h6,8,10,12,14,17-18H,3-5,7,9,11,19H2,1-2H3. The molecule has 0 aliphatic heterocycles. The first kappa shape index (κ1) is 14.5. The van der Waals surface area contributed by atoms with Gasteiger partial charge in [0.1, 0.15) is 0 Å². The molecule has 0 aromatic heterocycles. The summed E-state index contributed by atoms with van der Waals surface area (Å²) in [4.78, 5) is 1.44. The van der Waals surface area contributed by atoms with Crippen molar-refractivity contribution < 1.29 is 0 Å². The van der Waals surface area contributed by atoms with E-state index in [9.17, 15) is 0 Å². The molecule has 110 valence electrons. The predicted molar refractivity (Wildman–Crippen MR) is 88.3 cm³/mol. The number of hydrogen-bond donors (Lipinski definition) is 1. The Bertz CT molecular complexity index is 468. The number of rotatable bonds is 3. The molecule has 1 nitrogen and oxygen atoms in total. The summed E-state index contributed by atoms with van der Waals surface area (Å²) in [5, 5.41) is 0.607. The second-order valence-corrected chi connectivity index (χ2v) is 8.23. The van der Waals surface area contributed by atoms with Gasteiger partial charge >= 0.3 is 0 Å². The molecule has 0 heterocycles. The number of thioether (sulfide) groups is 1. The van der Waals surface area contributed by atoms with Gasteiger partial charge in [0.25, 0.3) is 0 Å². The first-order valence-corrected chi connectivity index (χ1v) is 9.05. The lowest BCUT2D eigenvalue weighted by Gasteiger charge is -2.35. The van der Waals surface area contributed by atoms with Crippen molar-refractivity contribution in [1.29, 1.82) is 0 Å². The van der Waals surface area contributed by atoms with E-state index in [1.807, 2.05) is 11.8 Å². The second kappa shape index (κ2) is 6.11. The van der Waals surface area contributed by atoms with Crippen molar-refractivity contribution >= 4 is 11.8 Å². The molecule has 2 aliphatic rings. The van der Waals surface area contributed by atoms with E-state index in [-0.39, 0.29) is 0 Å². The van der Waals surface area contributed by atoms with Gasteiger partial charge in [-0.15, -0.1) is 11.8 Å². The van der Waals surface area contributed by atoms with E-state index < -0.39 is 0 Å². The van der Waals surface area contributed by atoms with Crippen LogP contribution < -0.4 is 5.73 Å². The Hall–Kier alpha value is -0.470. The van der Waals surface area contributed by atoms with E-state index >= 15 is 0 Å². The first-order valence-electron chi connectivity index (χ1n) is 8.17. The van der Waals surface area contributed by atoms with Gasteiger partial charge in [-0.2, -0.15) is 0 Å². The van der Waals surface area contributed by atoms with Crippen LogP contribution in [0.2, 0.25) is 0 Å². The van der Waals surface area contributed by atoms with Crippen LogP contribution in [0.25, 0.3) is 0 Å². The van der Waals surface area contributed by atoms with Crippen molar-refractivity contribution in [3.63, 3.8) is 0 Å². The van der Waals surface area contributed by atoms with E-state index in [4.69, 9.17) is 5.73 Å². The number of aryl methyl sites for hydroxylation is 2. The molecule has 1 aromatic carbocycles. The Morgan fingerprint density at radius 1 is 1.15 bits per heavy atom. The lowest BCUT2D eigenvalue weighted by Crippen LogP contribution is -2.39. The smallest absolute Gasteiger partial charge is 0.0249 e. The normalized spacial score (nSPS) is 29.7. The van der Waals surface area contributed by atoms with Gasteiger partial charge in [-0.3, -0.25) is 0 Å². The molecule has 2 aliphatic carbocycles. The maximum Gasteiger partial charge on any atom is 0.0249 e. The molecule has 1 fully saturated rings. The fraction of sp³-hybridized carbons (Fsp3) is 0.667. The van der Waals surface area contributed by atoms with Crippen LogP contribution in [0.4, 0.5) is 0 Å². The van der Waals surface area contributed by atoms with Crippen LogP contribution in [0.5, 0.6) is 0 Å². The molecule has 2 heteroatoms. The average molecular weight is 289 g/mol. The third-order valence-electron chi connectivity index (χ3n) is 5.18. The summed E-state index contributed by atoms with van der Waals surface area (Å²) >= 11 is 2.03. The summed E-state index contributed by atoms with van der Waals surface area (Å²) in [5.74, 6) is 1.66. The first-order chi connectivity index (χ1) is 9.63. The summed E-state index contributed by atoms with van der Waals surface area (Å²) in [5.41, 5.74) is 9.54. The van der Waals surface area contributed by atoms with E-state index in [2.05, 4.69) is 32.0 Å². The van der Waals surface area contributed by atoms with E-state index in [0.29, 0.717) is 11.3 Å². The van der Waals surface area contributed by atoms with Gasteiger partial charge in [-0.25, -0.2) is 0 Å². The minimum Gasteiger partial charge on any atom is -0.327 e. The number of nitrogens with two attached hydrogens (primary N) is 1. The molecule has 3 atom stereocenters. The molecule has 0 radical (unpaired) electrons. The molecule has 20 heavy (non-hydrogen) atoms. The van der Waals surface area contributed by atoms with Crippen molar-refractivity contribution in [3.05, 3.63) is 29.3 Å². The molecule has 1 saturated carbocycles. The van der Waals surface area contributed by atoms with E-state index in [0.717, 1.165) is 11.8 Å². The highest BCUT2D eigenvalue weighted by Crippen LogP contribution is 2.39. The fourth-order valence-corrected chi connectivity index (χ4v) is 5.08. The van der Waals surface area contributed by atoms with E-state index in [1.165, 1.54) is 43.4 Å². The quantitative estimate of drug-likeness (QED) is 0.891. The molecule has 2 N–H and O–H groups in total. The molecule has 3 unspecified atom stereocenters. The third kappa shape index (κ3) is 3.07. The van der Waals surface area contributed by atoms with Gasteiger partial charge in [0, 0.05) is 16.2 Å². The summed E-state index contributed by atoms with van der Waals surface area (Å²) < 4.78 is 0. The summed E-state index contributed by atoms with van der Waals surface area (Å²) in [7, 11) is 0. The zero-order valence-electron chi connectivity index (χ0n) is 12.8. The number of benzene rings is 1. The van der Waals surface area contributed by atoms with Gasteiger partial charge < -0.3 is 5.73 Å².